The number of piperidine rings is 1. The minimum absolute atomic E-state index is 0.0758. The zero-order valence-corrected chi connectivity index (χ0v) is 7.79. The molecule has 1 aromatic rings. The second-order valence-electron chi connectivity index (χ2n) is 3.60. The lowest BCUT2D eigenvalue weighted by Gasteiger charge is -2.26. The first kappa shape index (κ1) is 9.40. The molecule has 1 aliphatic heterocycles. The van der Waals surface area contributed by atoms with E-state index in [4.69, 9.17) is 0 Å². The molecule has 1 aliphatic rings. The molecule has 2 unspecified atom stereocenters. The van der Waals surface area contributed by atoms with Crippen LogP contribution in [0.5, 0.6) is 0 Å². The maximum absolute atomic E-state index is 13.5. The van der Waals surface area contributed by atoms with Crippen molar-refractivity contribution in [3.05, 3.63) is 34.2 Å². The Kier molecular flexibility index (Phi) is 2.63. The van der Waals surface area contributed by atoms with Crippen molar-refractivity contribution in [2.24, 2.45) is 0 Å². The summed E-state index contributed by atoms with van der Waals surface area (Å²) in [4.78, 5) is 13.4. The van der Waals surface area contributed by atoms with Gasteiger partial charge in [-0.15, -0.1) is 0 Å². The summed E-state index contributed by atoms with van der Waals surface area (Å²) >= 11 is 0. The van der Waals surface area contributed by atoms with Crippen molar-refractivity contribution in [3.8, 4) is 0 Å². The van der Waals surface area contributed by atoms with Crippen molar-refractivity contribution in [2.45, 2.75) is 18.5 Å². The van der Waals surface area contributed by atoms with E-state index in [0.717, 1.165) is 18.5 Å². The van der Waals surface area contributed by atoms with E-state index >= 15 is 0 Å². The average molecular weight is 196 g/mol. The van der Waals surface area contributed by atoms with Crippen LogP contribution < -0.4 is 10.9 Å². The lowest BCUT2D eigenvalue weighted by molar-refractivity contribution is 0.231. The summed E-state index contributed by atoms with van der Waals surface area (Å²) < 4.78 is 13.5. The number of alkyl halides is 1. The van der Waals surface area contributed by atoms with E-state index in [1.54, 1.807) is 12.3 Å². The van der Waals surface area contributed by atoms with Gasteiger partial charge in [-0.25, -0.2) is 4.39 Å². The summed E-state index contributed by atoms with van der Waals surface area (Å²) in [6, 6.07) is 3.16. The average Bonchev–Trinajstić information content (AvgIpc) is 2.20. The van der Waals surface area contributed by atoms with E-state index in [2.05, 4.69) is 10.3 Å². The summed E-state index contributed by atoms with van der Waals surface area (Å²) in [6.45, 7) is 1.24. The van der Waals surface area contributed by atoms with E-state index in [-0.39, 0.29) is 11.5 Å². The Labute approximate surface area is 81.3 Å². The number of aromatic amines is 1. The number of hydrogen-bond acceptors (Lipinski definition) is 2. The lowest BCUT2D eigenvalue weighted by Crippen LogP contribution is -2.36. The van der Waals surface area contributed by atoms with Crippen LogP contribution >= 0.6 is 0 Å². The quantitative estimate of drug-likeness (QED) is 0.697. The van der Waals surface area contributed by atoms with E-state index in [1.165, 1.54) is 6.07 Å². The Morgan fingerprint density at radius 2 is 2.29 bits per heavy atom. The zero-order valence-electron chi connectivity index (χ0n) is 7.79. The molecule has 0 amide bonds. The molecule has 1 saturated heterocycles. The maximum Gasteiger partial charge on any atom is 0.247 e. The Balaban J connectivity index is 2.20. The van der Waals surface area contributed by atoms with Gasteiger partial charge in [0.15, 0.2) is 0 Å². The molecule has 0 aliphatic carbocycles. The number of H-pyrrole nitrogens is 1. The van der Waals surface area contributed by atoms with Gasteiger partial charge < -0.3 is 10.3 Å². The molecule has 2 N–H and O–H groups in total. The van der Waals surface area contributed by atoms with Crippen LogP contribution in [0.25, 0.3) is 0 Å². The van der Waals surface area contributed by atoms with Gasteiger partial charge in [0.2, 0.25) is 5.56 Å². The zero-order chi connectivity index (χ0) is 9.97. The van der Waals surface area contributed by atoms with Crippen LogP contribution in [0.15, 0.2) is 23.1 Å². The first-order valence-electron chi connectivity index (χ1n) is 4.81. The second kappa shape index (κ2) is 3.92. The van der Waals surface area contributed by atoms with Gasteiger partial charge in [0.25, 0.3) is 0 Å². The Hall–Kier alpha value is -1.16. The van der Waals surface area contributed by atoms with Gasteiger partial charge >= 0.3 is 0 Å². The molecule has 0 bridgehead atoms. The standard InChI is InChI=1S/C10H13FN2O/c11-9-6-12-4-3-8(9)7-1-2-10(14)13-5-7/h1-2,5,8-9,12H,3-4,6H2,(H,13,14). The number of halogens is 1. The molecular weight excluding hydrogens is 183 g/mol. The van der Waals surface area contributed by atoms with Crippen molar-refractivity contribution in [2.75, 3.05) is 13.1 Å². The first-order valence-corrected chi connectivity index (χ1v) is 4.81. The van der Waals surface area contributed by atoms with Crippen molar-refractivity contribution in [1.29, 1.82) is 0 Å². The molecule has 0 saturated carbocycles. The molecule has 1 fully saturated rings. The van der Waals surface area contributed by atoms with Crippen LogP contribution in [0.1, 0.15) is 17.9 Å². The third-order valence-corrected chi connectivity index (χ3v) is 2.64. The predicted molar refractivity (Wildman–Crippen MR) is 52.2 cm³/mol. The molecular formula is C10H13FN2O. The highest BCUT2D eigenvalue weighted by atomic mass is 19.1. The van der Waals surface area contributed by atoms with Crippen LogP contribution in [0, 0.1) is 0 Å². The third kappa shape index (κ3) is 1.85. The van der Waals surface area contributed by atoms with E-state index < -0.39 is 6.17 Å². The fourth-order valence-corrected chi connectivity index (χ4v) is 1.85. The minimum atomic E-state index is -0.852. The van der Waals surface area contributed by atoms with Gasteiger partial charge in [0.05, 0.1) is 0 Å². The molecule has 1 aromatic heterocycles. The number of hydrogen-bond donors (Lipinski definition) is 2. The largest absolute Gasteiger partial charge is 0.329 e. The van der Waals surface area contributed by atoms with Crippen LogP contribution in [0.2, 0.25) is 0 Å². The third-order valence-electron chi connectivity index (χ3n) is 2.64. The predicted octanol–water partition coefficient (Wildman–Crippen LogP) is 0.790. The van der Waals surface area contributed by atoms with Gasteiger partial charge in [0.1, 0.15) is 6.17 Å². The number of pyridine rings is 1. The number of aromatic nitrogens is 1. The smallest absolute Gasteiger partial charge is 0.247 e. The summed E-state index contributed by atoms with van der Waals surface area (Å²) in [5.74, 6) is -0.0758. The topological polar surface area (TPSA) is 44.9 Å². The SMILES string of the molecule is O=c1ccc(C2CCNCC2F)c[nH]1. The molecule has 4 heteroatoms. The molecule has 0 aromatic carbocycles. The monoisotopic (exact) mass is 196 g/mol. The molecule has 2 rings (SSSR count). The normalized spacial score (nSPS) is 27.5. The van der Waals surface area contributed by atoms with E-state index in [0.29, 0.717) is 6.54 Å². The van der Waals surface area contributed by atoms with Crippen molar-refractivity contribution >= 4 is 0 Å². The van der Waals surface area contributed by atoms with Gasteiger partial charge in [0, 0.05) is 24.7 Å². The van der Waals surface area contributed by atoms with Gasteiger partial charge in [-0.2, -0.15) is 0 Å². The maximum atomic E-state index is 13.5. The molecule has 0 radical (unpaired) electrons. The molecule has 2 heterocycles. The molecule has 14 heavy (non-hydrogen) atoms. The molecule has 0 spiro atoms. The number of nitrogens with one attached hydrogen (secondary N) is 2. The van der Waals surface area contributed by atoms with E-state index in [9.17, 15) is 9.18 Å². The van der Waals surface area contributed by atoms with Crippen molar-refractivity contribution in [3.63, 3.8) is 0 Å². The minimum Gasteiger partial charge on any atom is -0.329 e. The number of rotatable bonds is 1. The molecule has 2 atom stereocenters. The Bertz CT molecular complexity index is 343. The van der Waals surface area contributed by atoms with E-state index in [1.807, 2.05) is 0 Å². The van der Waals surface area contributed by atoms with Gasteiger partial charge in [-0.3, -0.25) is 4.79 Å². The summed E-state index contributed by atoms with van der Waals surface area (Å²) in [7, 11) is 0. The summed E-state index contributed by atoms with van der Waals surface area (Å²) in [6.07, 6.45) is 1.55. The van der Waals surface area contributed by atoms with Crippen LogP contribution in [0.4, 0.5) is 4.39 Å². The van der Waals surface area contributed by atoms with Crippen molar-refractivity contribution < 1.29 is 4.39 Å². The Morgan fingerprint density at radius 1 is 1.43 bits per heavy atom. The van der Waals surface area contributed by atoms with Crippen LogP contribution in [-0.4, -0.2) is 24.2 Å². The van der Waals surface area contributed by atoms with Gasteiger partial charge in [-0.1, -0.05) is 6.07 Å². The highest BCUT2D eigenvalue weighted by Crippen LogP contribution is 2.26. The lowest BCUT2D eigenvalue weighted by atomic mass is 9.90. The first-order chi connectivity index (χ1) is 6.77. The van der Waals surface area contributed by atoms with Crippen LogP contribution in [0.3, 0.4) is 0 Å². The van der Waals surface area contributed by atoms with Crippen molar-refractivity contribution in [1.82, 2.24) is 10.3 Å². The fourth-order valence-electron chi connectivity index (χ4n) is 1.85. The highest BCUT2D eigenvalue weighted by molar-refractivity contribution is 5.17. The second-order valence-corrected chi connectivity index (χ2v) is 3.60. The van der Waals surface area contributed by atoms with Crippen LogP contribution in [-0.2, 0) is 0 Å². The molecule has 3 nitrogen and oxygen atoms in total. The Morgan fingerprint density at radius 3 is 2.93 bits per heavy atom. The van der Waals surface area contributed by atoms with Gasteiger partial charge in [-0.05, 0) is 18.5 Å². The molecule has 76 valence electrons. The summed E-state index contributed by atoms with van der Waals surface area (Å²) in [5.41, 5.74) is 0.747. The highest BCUT2D eigenvalue weighted by Gasteiger charge is 2.25. The summed E-state index contributed by atoms with van der Waals surface area (Å²) in [5, 5.41) is 3.00. The fraction of sp³-hybridized carbons (Fsp3) is 0.500.